The summed E-state index contributed by atoms with van der Waals surface area (Å²) in [5.74, 6) is 0.479. The van der Waals surface area contributed by atoms with Gasteiger partial charge in [0.2, 0.25) is 0 Å². The van der Waals surface area contributed by atoms with Crippen molar-refractivity contribution in [2.75, 3.05) is 0 Å². The standard InChI is InChI=1S/C20H22BF3O3/c1-18(2)19(3,4)27-21(26-18)15-9-11-16(12-10-15)25-13-14-7-5-6-8-17(14)20(22,23)24/h5-12H,13H2,1-4H3. The molecule has 7 heteroatoms. The van der Waals surface area contributed by atoms with E-state index in [1.807, 2.05) is 27.7 Å². The minimum Gasteiger partial charge on any atom is -0.489 e. The predicted molar refractivity (Wildman–Crippen MR) is 97.9 cm³/mol. The van der Waals surface area contributed by atoms with Crippen LogP contribution in [0.2, 0.25) is 0 Å². The zero-order chi connectivity index (χ0) is 19.9. The highest BCUT2D eigenvalue weighted by atomic mass is 19.4. The molecule has 0 N–H and O–H groups in total. The first-order chi connectivity index (χ1) is 12.5. The molecule has 0 spiro atoms. The van der Waals surface area contributed by atoms with Crippen LogP contribution in [0.25, 0.3) is 0 Å². The number of benzene rings is 2. The molecule has 0 atom stereocenters. The highest BCUT2D eigenvalue weighted by Gasteiger charge is 2.51. The molecule has 3 nitrogen and oxygen atoms in total. The maximum atomic E-state index is 13.0. The number of hydrogen-bond donors (Lipinski definition) is 0. The third-order valence-electron chi connectivity index (χ3n) is 5.12. The third-order valence-corrected chi connectivity index (χ3v) is 5.12. The molecule has 0 bridgehead atoms. The Morgan fingerprint density at radius 2 is 1.44 bits per heavy atom. The maximum absolute atomic E-state index is 13.0. The summed E-state index contributed by atoms with van der Waals surface area (Å²) in [5.41, 5.74) is -0.627. The Morgan fingerprint density at radius 3 is 2.00 bits per heavy atom. The first-order valence-electron chi connectivity index (χ1n) is 8.73. The molecule has 1 heterocycles. The van der Waals surface area contributed by atoms with Crippen LogP contribution in [0.3, 0.4) is 0 Å². The summed E-state index contributed by atoms with van der Waals surface area (Å²) in [7, 11) is -0.491. The molecule has 3 rings (SSSR count). The molecular weight excluding hydrogens is 356 g/mol. The molecule has 1 fully saturated rings. The van der Waals surface area contributed by atoms with Crippen LogP contribution in [0.4, 0.5) is 13.2 Å². The fraction of sp³-hybridized carbons (Fsp3) is 0.400. The summed E-state index contributed by atoms with van der Waals surface area (Å²) in [6, 6.07) is 12.4. The minimum absolute atomic E-state index is 0.0973. The second-order valence-corrected chi connectivity index (χ2v) is 7.60. The Bertz CT molecular complexity index is 785. The average Bonchev–Trinajstić information content (AvgIpc) is 2.81. The largest absolute Gasteiger partial charge is 0.494 e. The van der Waals surface area contributed by atoms with Gasteiger partial charge in [0.05, 0.1) is 16.8 Å². The lowest BCUT2D eigenvalue weighted by Gasteiger charge is -2.32. The molecule has 0 saturated carbocycles. The van der Waals surface area contributed by atoms with E-state index in [2.05, 4.69) is 0 Å². The lowest BCUT2D eigenvalue weighted by Crippen LogP contribution is -2.41. The maximum Gasteiger partial charge on any atom is 0.494 e. The van der Waals surface area contributed by atoms with Crippen LogP contribution < -0.4 is 10.2 Å². The van der Waals surface area contributed by atoms with Crippen molar-refractivity contribution in [2.45, 2.75) is 51.7 Å². The van der Waals surface area contributed by atoms with Gasteiger partial charge in [0.1, 0.15) is 12.4 Å². The summed E-state index contributed by atoms with van der Waals surface area (Å²) < 4.78 is 56.6. The third kappa shape index (κ3) is 4.14. The average molecular weight is 378 g/mol. The summed E-state index contributed by atoms with van der Waals surface area (Å²) in [6.45, 7) is 7.74. The number of alkyl halides is 3. The lowest BCUT2D eigenvalue weighted by molar-refractivity contribution is -0.138. The molecule has 1 saturated heterocycles. The summed E-state index contributed by atoms with van der Waals surface area (Å²) >= 11 is 0. The van der Waals surface area contributed by atoms with E-state index in [1.165, 1.54) is 12.1 Å². The molecule has 1 aliphatic rings. The Morgan fingerprint density at radius 1 is 0.889 bits per heavy atom. The second kappa shape index (κ2) is 6.87. The van der Waals surface area contributed by atoms with Crippen LogP contribution in [0.1, 0.15) is 38.8 Å². The second-order valence-electron chi connectivity index (χ2n) is 7.60. The first-order valence-corrected chi connectivity index (χ1v) is 8.73. The molecule has 27 heavy (non-hydrogen) atoms. The molecule has 144 valence electrons. The predicted octanol–water partition coefficient (Wildman–Crippen LogP) is 4.58. The van der Waals surface area contributed by atoms with E-state index in [9.17, 15) is 13.2 Å². The van der Waals surface area contributed by atoms with Crippen molar-refractivity contribution in [1.82, 2.24) is 0 Å². The molecule has 0 aromatic heterocycles. The number of hydrogen-bond acceptors (Lipinski definition) is 3. The molecule has 0 aliphatic carbocycles. The van der Waals surface area contributed by atoms with Gasteiger partial charge >= 0.3 is 13.3 Å². The van der Waals surface area contributed by atoms with Gasteiger partial charge in [0.15, 0.2) is 0 Å². The van der Waals surface area contributed by atoms with Gasteiger partial charge in [0, 0.05) is 5.56 Å². The van der Waals surface area contributed by atoms with Crippen LogP contribution in [-0.2, 0) is 22.1 Å². The van der Waals surface area contributed by atoms with Gasteiger partial charge < -0.3 is 14.0 Å². The van der Waals surface area contributed by atoms with Crippen molar-refractivity contribution in [1.29, 1.82) is 0 Å². The smallest absolute Gasteiger partial charge is 0.489 e. The van der Waals surface area contributed by atoms with Crippen molar-refractivity contribution in [3.8, 4) is 5.75 Å². The molecule has 1 aliphatic heterocycles. The Hall–Kier alpha value is -1.99. The highest BCUT2D eigenvalue weighted by Crippen LogP contribution is 2.36. The van der Waals surface area contributed by atoms with Crippen molar-refractivity contribution in [2.24, 2.45) is 0 Å². The first kappa shape index (κ1) is 19.8. The van der Waals surface area contributed by atoms with E-state index >= 15 is 0 Å². The molecule has 2 aromatic carbocycles. The summed E-state index contributed by atoms with van der Waals surface area (Å²) in [4.78, 5) is 0. The van der Waals surface area contributed by atoms with Gasteiger partial charge in [-0.15, -0.1) is 0 Å². The van der Waals surface area contributed by atoms with Gasteiger partial charge in [-0.1, -0.05) is 30.3 Å². The number of halogens is 3. The van der Waals surface area contributed by atoms with E-state index in [0.29, 0.717) is 5.75 Å². The van der Waals surface area contributed by atoms with Gasteiger partial charge in [0.25, 0.3) is 0 Å². The number of rotatable bonds is 4. The zero-order valence-corrected chi connectivity index (χ0v) is 15.8. The topological polar surface area (TPSA) is 27.7 Å². The van der Waals surface area contributed by atoms with Crippen molar-refractivity contribution >= 4 is 12.6 Å². The Balaban J connectivity index is 1.68. The van der Waals surface area contributed by atoms with Gasteiger partial charge in [-0.3, -0.25) is 0 Å². The molecule has 0 amide bonds. The van der Waals surface area contributed by atoms with E-state index in [0.717, 1.165) is 11.5 Å². The zero-order valence-electron chi connectivity index (χ0n) is 15.8. The molecule has 0 unspecified atom stereocenters. The van der Waals surface area contributed by atoms with Crippen LogP contribution in [0, 0.1) is 0 Å². The fourth-order valence-corrected chi connectivity index (χ4v) is 2.78. The van der Waals surface area contributed by atoms with E-state index in [1.54, 1.807) is 30.3 Å². The molecule has 0 radical (unpaired) electrons. The van der Waals surface area contributed by atoms with Gasteiger partial charge in [-0.05, 0) is 51.4 Å². The van der Waals surface area contributed by atoms with Crippen LogP contribution in [0.5, 0.6) is 5.75 Å². The molecule has 2 aromatic rings. The quantitative estimate of drug-likeness (QED) is 0.729. The highest BCUT2D eigenvalue weighted by molar-refractivity contribution is 6.62. The van der Waals surface area contributed by atoms with Crippen LogP contribution >= 0.6 is 0 Å². The normalized spacial score (nSPS) is 18.6. The van der Waals surface area contributed by atoms with Crippen molar-refractivity contribution in [3.05, 3.63) is 59.7 Å². The number of ether oxygens (including phenoxy) is 1. The summed E-state index contributed by atoms with van der Waals surface area (Å²) in [6.07, 6.45) is -4.40. The van der Waals surface area contributed by atoms with E-state index in [4.69, 9.17) is 14.0 Å². The van der Waals surface area contributed by atoms with Crippen LogP contribution in [0.15, 0.2) is 48.5 Å². The Labute approximate surface area is 157 Å². The van der Waals surface area contributed by atoms with Crippen molar-refractivity contribution in [3.63, 3.8) is 0 Å². The molecular formula is C20H22BF3O3. The van der Waals surface area contributed by atoms with Crippen molar-refractivity contribution < 1.29 is 27.2 Å². The lowest BCUT2D eigenvalue weighted by atomic mass is 9.79. The SMILES string of the molecule is CC1(C)OB(c2ccc(OCc3ccccc3C(F)(F)F)cc2)OC1(C)C. The van der Waals surface area contributed by atoms with E-state index in [-0.39, 0.29) is 12.2 Å². The monoisotopic (exact) mass is 378 g/mol. The van der Waals surface area contributed by atoms with E-state index < -0.39 is 30.1 Å². The van der Waals surface area contributed by atoms with Crippen LogP contribution in [-0.4, -0.2) is 18.3 Å². The Kier molecular flexibility index (Phi) is 5.03. The fourth-order valence-electron chi connectivity index (χ4n) is 2.78. The minimum atomic E-state index is -4.40. The van der Waals surface area contributed by atoms with Gasteiger partial charge in [-0.25, -0.2) is 0 Å². The summed E-state index contributed by atoms with van der Waals surface area (Å²) in [5, 5.41) is 0. The van der Waals surface area contributed by atoms with Gasteiger partial charge in [-0.2, -0.15) is 13.2 Å².